The Kier molecular flexibility index (Phi) is 4.19. The van der Waals surface area contributed by atoms with Crippen molar-refractivity contribution >= 4 is 17.2 Å². The summed E-state index contributed by atoms with van der Waals surface area (Å²) < 4.78 is 0. The van der Waals surface area contributed by atoms with Crippen LogP contribution in [0.15, 0.2) is 52.8 Å². The molecule has 2 aromatic heterocycles. The van der Waals surface area contributed by atoms with E-state index in [9.17, 15) is 9.59 Å². The van der Waals surface area contributed by atoms with Gasteiger partial charge >= 0.3 is 0 Å². The van der Waals surface area contributed by atoms with Crippen LogP contribution in [0.1, 0.15) is 32.2 Å². The van der Waals surface area contributed by atoms with Crippen molar-refractivity contribution in [3.8, 4) is 0 Å². The third-order valence-corrected chi connectivity index (χ3v) is 5.22. The van der Waals surface area contributed by atoms with E-state index in [1.165, 1.54) is 16.9 Å². The Bertz CT molecular complexity index is 962. The first-order valence-electron chi connectivity index (χ1n) is 8.17. The van der Waals surface area contributed by atoms with Gasteiger partial charge in [0, 0.05) is 37.2 Å². The number of fused-ring (bicyclic) bond motifs is 1. The van der Waals surface area contributed by atoms with E-state index < -0.39 is 0 Å². The first kappa shape index (κ1) is 15.8. The van der Waals surface area contributed by atoms with Gasteiger partial charge in [-0.05, 0) is 23.1 Å². The standard InChI is InChI=1S/C19H17N3O2S/c23-17-9-14-6-7-22(11-15(14)10-20-17)19(24)16-12-25-18(21-16)8-13-4-2-1-3-5-13/h1-5,9-10,12H,6-8,11H2,(H,20,23). The highest BCUT2D eigenvalue weighted by Crippen LogP contribution is 2.20. The van der Waals surface area contributed by atoms with Crippen molar-refractivity contribution in [2.75, 3.05) is 6.54 Å². The van der Waals surface area contributed by atoms with Gasteiger partial charge in [-0.25, -0.2) is 4.98 Å². The largest absolute Gasteiger partial charge is 0.333 e. The molecule has 1 aliphatic rings. The molecule has 3 aromatic rings. The number of pyridine rings is 1. The number of hydrogen-bond donors (Lipinski definition) is 1. The molecule has 0 atom stereocenters. The van der Waals surface area contributed by atoms with Crippen LogP contribution >= 0.6 is 11.3 Å². The highest BCUT2D eigenvalue weighted by atomic mass is 32.1. The van der Waals surface area contributed by atoms with Crippen LogP contribution in [0.25, 0.3) is 0 Å². The molecule has 0 unspecified atom stereocenters. The van der Waals surface area contributed by atoms with Gasteiger partial charge in [0.15, 0.2) is 0 Å². The van der Waals surface area contributed by atoms with Crippen LogP contribution in [-0.4, -0.2) is 27.3 Å². The Labute approximate surface area is 149 Å². The fraction of sp³-hybridized carbons (Fsp3) is 0.211. The second-order valence-electron chi connectivity index (χ2n) is 6.11. The van der Waals surface area contributed by atoms with Crippen molar-refractivity contribution in [2.45, 2.75) is 19.4 Å². The molecule has 6 heteroatoms. The van der Waals surface area contributed by atoms with Crippen molar-refractivity contribution in [2.24, 2.45) is 0 Å². The molecular formula is C19H17N3O2S. The number of H-pyrrole nitrogens is 1. The fourth-order valence-electron chi connectivity index (χ4n) is 3.06. The van der Waals surface area contributed by atoms with E-state index in [1.807, 2.05) is 23.6 Å². The molecule has 0 spiro atoms. The van der Waals surface area contributed by atoms with E-state index >= 15 is 0 Å². The Morgan fingerprint density at radius 3 is 2.92 bits per heavy atom. The second kappa shape index (κ2) is 6.64. The molecule has 0 bridgehead atoms. The number of nitrogens with zero attached hydrogens (tertiary/aromatic N) is 2. The van der Waals surface area contributed by atoms with Gasteiger partial charge in [-0.2, -0.15) is 0 Å². The first-order valence-corrected chi connectivity index (χ1v) is 9.05. The summed E-state index contributed by atoms with van der Waals surface area (Å²) >= 11 is 1.52. The fourth-order valence-corrected chi connectivity index (χ4v) is 3.86. The number of amides is 1. The van der Waals surface area contributed by atoms with Crippen LogP contribution in [-0.2, 0) is 19.4 Å². The van der Waals surface area contributed by atoms with Crippen molar-refractivity contribution in [1.82, 2.24) is 14.9 Å². The second-order valence-corrected chi connectivity index (χ2v) is 7.06. The number of hydrogen-bond acceptors (Lipinski definition) is 4. The van der Waals surface area contributed by atoms with Crippen LogP contribution in [0, 0.1) is 0 Å². The molecule has 0 saturated heterocycles. The molecule has 4 rings (SSSR count). The number of carbonyl (C=O) groups is 1. The van der Waals surface area contributed by atoms with E-state index in [0.717, 1.165) is 22.6 Å². The van der Waals surface area contributed by atoms with E-state index in [0.29, 0.717) is 25.2 Å². The SMILES string of the molecule is O=C(c1csc(Cc2ccccc2)n1)N1CCc2cc(=O)[nH]cc2C1. The molecule has 0 radical (unpaired) electrons. The third-order valence-electron chi connectivity index (χ3n) is 4.37. The molecule has 0 fully saturated rings. The maximum Gasteiger partial charge on any atom is 0.273 e. The summed E-state index contributed by atoms with van der Waals surface area (Å²) in [5.41, 5.74) is 3.62. The predicted octanol–water partition coefficient (Wildman–Crippen LogP) is 2.62. The lowest BCUT2D eigenvalue weighted by Gasteiger charge is -2.27. The van der Waals surface area contributed by atoms with Gasteiger partial charge in [0.2, 0.25) is 5.56 Å². The minimum atomic E-state index is -0.0939. The van der Waals surface area contributed by atoms with Gasteiger partial charge in [0.05, 0.1) is 5.01 Å². The molecule has 1 aromatic carbocycles. The van der Waals surface area contributed by atoms with E-state index in [-0.39, 0.29) is 11.5 Å². The van der Waals surface area contributed by atoms with Crippen molar-refractivity contribution in [1.29, 1.82) is 0 Å². The summed E-state index contributed by atoms with van der Waals surface area (Å²) in [4.78, 5) is 33.1. The van der Waals surface area contributed by atoms with Crippen LogP contribution < -0.4 is 5.56 Å². The summed E-state index contributed by atoms with van der Waals surface area (Å²) in [6, 6.07) is 11.7. The zero-order valence-electron chi connectivity index (χ0n) is 13.6. The van der Waals surface area contributed by atoms with Gasteiger partial charge in [0.1, 0.15) is 5.69 Å². The number of benzene rings is 1. The Morgan fingerprint density at radius 2 is 2.08 bits per heavy atom. The molecular weight excluding hydrogens is 334 g/mol. The minimum absolute atomic E-state index is 0.0487. The normalized spacial score (nSPS) is 13.5. The molecule has 0 saturated carbocycles. The monoisotopic (exact) mass is 351 g/mol. The molecule has 1 N–H and O–H groups in total. The van der Waals surface area contributed by atoms with Crippen LogP contribution in [0.4, 0.5) is 0 Å². The van der Waals surface area contributed by atoms with Crippen molar-refractivity contribution in [3.05, 3.63) is 85.7 Å². The average molecular weight is 351 g/mol. The quantitative estimate of drug-likeness (QED) is 0.789. The van der Waals surface area contributed by atoms with Gasteiger partial charge in [-0.3, -0.25) is 9.59 Å². The summed E-state index contributed by atoms with van der Waals surface area (Å²) in [6.45, 7) is 1.12. The van der Waals surface area contributed by atoms with Gasteiger partial charge in [-0.1, -0.05) is 30.3 Å². The summed E-state index contributed by atoms with van der Waals surface area (Å²) in [6.07, 6.45) is 3.15. The summed E-state index contributed by atoms with van der Waals surface area (Å²) in [5, 5.41) is 2.78. The number of aromatic amines is 1. The van der Waals surface area contributed by atoms with Crippen LogP contribution in [0.2, 0.25) is 0 Å². The summed E-state index contributed by atoms with van der Waals surface area (Å²) in [5.74, 6) is -0.0487. The molecule has 1 amide bonds. The lowest BCUT2D eigenvalue weighted by Crippen LogP contribution is -2.36. The van der Waals surface area contributed by atoms with E-state index in [1.54, 1.807) is 17.2 Å². The minimum Gasteiger partial charge on any atom is -0.333 e. The molecule has 3 heterocycles. The highest BCUT2D eigenvalue weighted by Gasteiger charge is 2.23. The molecule has 1 aliphatic heterocycles. The lowest BCUT2D eigenvalue weighted by atomic mass is 10.0. The number of thiazole rings is 1. The zero-order valence-corrected chi connectivity index (χ0v) is 14.4. The first-order chi connectivity index (χ1) is 12.2. The number of aromatic nitrogens is 2. The topological polar surface area (TPSA) is 66.1 Å². The Balaban J connectivity index is 1.48. The molecule has 126 valence electrons. The van der Waals surface area contributed by atoms with Gasteiger partial charge in [-0.15, -0.1) is 11.3 Å². The predicted molar refractivity (Wildman–Crippen MR) is 96.9 cm³/mol. The van der Waals surface area contributed by atoms with Crippen LogP contribution in [0.5, 0.6) is 0 Å². The van der Waals surface area contributed by atoms with Crippen LogP contribution in [0.3, 0.4) is 0 Å². The average Bonchev–Trinajstić information content (AvgIpc) is 3.10. The third kappa shape index (κ3) is 3.39. The molecule has 0 aliphatic carbocycles. The maximum atomic E-state index is 12.7. The van der Waals surface area contributed by atoms with E-state index in [2.05, 4.69) is 22.1 Å². The highest BCUT2D eigenvalue weighted by molar-refractivity contribution is 7.09. The van der Waals surface area contributed by atoms with Crippen molar-refractivity contribution in [3.63, 3.8) is 0 Å². The number of nitrogens with one attached hydrogen (secondary N) is 1. The Hall–Kier alpha value is -2.73. The maximum absolute atomic E-state index is 12.7. The van der Waals surface area contributed by atoms with Gasteiger partial charge < -0.3 is 9.88 Å². The van der Waals surface area contributed by atoms with Gasteiger partial charge in [0.25, 0.3) is 5.91 Å². The zero-order chi connectivity index (χ0) is 17.2. The molecule has 25 heavy (non-hydrogen) atoms. The Morgan fingerprint density at radius 1 is 1.24 bits per heavy atom. The van der Waals surface area contributed by atoms with E-state index in [4.69, 9.17) is 0 Å². The summed E-state index contributed by atoms with van der Waals surface area (Å²) in [7, 11) is 0. The van der Waals surface area contributed by atoms with Crippen molar-refractivity contribution < 1.29 is 4.79 Å². The lowest BCUT2D eigenvalue weighted by molar-refractivity contribution is 0.0729. The number of carbonyl (C=O) groups excluding carboxylic acids is 1. The smallest absolute Gasteiger partial charge is 0.273 e. The molecule has 5 nitrogen and oxygen atoms in total. The number of rotatable bonds is 3.